The van der Waals surface area contributed by atoms with Gasteiger partial charge in [-0.1, -0.05) is 39.7 Å². The average molecular weight is 342 g/mol. The van der Waals surface area contributed by atoms with E-state index >= 15 is 0 Å². The Labute approximate surface area is 125 Å². The number of benzene rings is 1. The van der Waals surface area contributed by atoms with Gasteiger partial charge in [0.05, 0.1) is 11.1 Å². The fourth-order valence-corrected chi connectivity index (χ4v) is 2.52. The molecule has 4 nitrogen and oxygen atoms in total. The molecule has 100 valence electrons. The summed E-state index contributed by atoms with van der Waals surface area (Å²) in [5, 5.41) is 0.540. The molecule has 0 saturated carbocycles. The van der Waals surface area contributed by atoms with E-state index in [1.165, 1.54) is 6.20 Å². The molecule has 2 rings (SSSR count). The first-order chi connectivity index (χ1) is 9.10. The predicted octanol–water partition coefficient (Wildman–Crippen LogP) is 2.83. The van der Waals surface area contributed by atoms with Crippen molar-refractivity contribution < 1.29 is 0 Å². The summed E-state index contributed by atoms with van der Waals surface area (Å²) in [6.45, 7) is 0. The van der Waals surface area contributed by atoms with Gasteiger partial charge in [0.1, 0.15) is 5.82 Å². The average Bonchev–Trinajstić information content (AvgIpc) is 2.39. The van der Waals surface area contributed by atoms with Gasteiger partial charge >= 0.3 is 0 Å². The number of anilines is 1. The number of halogens is 2. The number of hydrazine groups is 1. The third-order valence-corrected chi connectivity index (χ3v) is 3.52. The molecule has 2 aromatic rings. The molecule has 1 atom stereocenters. The zero-order chi connectivity index (χ0) is 13.8. The SMILES string of the molecule is NNC(Cc1cccc(Br)c1)c1cc(Cl)cnc1N. The molecule has 0 saturated heterocycles. The quantitative estimate of drug-likeness (QED) is 0.590. The van der Waals surface area contributed by atoms with Crippen LogP contribution in [0.1, 0.15) is 17.2 Å². The van der Waals surface area contributed by atoms with Crippen LogP contribution in [0.3, 0.4) is 0 Å². The number of nitrogens with one attached hydrogen (secondary N) is 1. The van der Waals surface area contributed by atoms with Gasteiger partial charge in [-0.3, -0.25) is 11.3 Å². The molecular formula is C13H14BrClN4. The molecule has 1 heterocycles. The molecule has 0 amide bonds. The maximum atomic E-state index is 5.95. The zero-order valence-corrected chi connectivity index (χ0v) is 12.4. The van der Waals surface area contributed by atoms with Crippen molar-refractivity contribution in [1.29, 1.82) is 0 Å². The summed E-state index contributed by atoms with van der Waals surface area (Å²) in [6, 6.07) is 9.67. The minimum absolute atomic E-state index is 0.138. The molecule has 0 aliphatic heterocycles. The van der Waals surface area contributed by atoms with Crippen LogP contribution in [0, 0.1) is 0 Å². The molecule has 0 fully saturated rings. The van der Waals surface area contributed by atoms with Crippen molar-refractivity contribution in [2.24, 2.45) is 5.84 Å². The highest BCUT2D eigenvalue weighted by molar-refractivity contribution is 9.10. The van der Waals surface area contributed by atoms with Gasteiger partial charge in [0.15, 0.2) is 0 Å². The van der Waals surface area contributed by atoms with Gasteiger partial charge in [0, 0.05) is 16.2 Å². The third kappa shape index (κ3) is 3.67. The topological polar surface area (TPSA) is 77.0 Å². The van der Waals surface area contributed by atoms with E-state index in [0.29, 0.717) is 17.3 Å². The third-order valence-electron chi connectivity index (χ3n) is 2.82. The van der Waals surface area contributed by atoms with Crippen LogP contribution in [0.5, 0.6) is 0 Å². The summed E-state index contributed by atoms with van der Waals surface area (Å²) < 4.78 is 1.03. The monoisotopic (exact) mass is 340 g/mol. The molecule has 1 aromatic heterocycles. The molecule has 19 heavy (non-hydrogen) atoms. The number of hydrogen-bond donors (Lipinski definition) is 3. The lowest BCUT2D eigenvalue weighted by Crippen LogP contribution is -2.30. The molecular weight excluding hydrogens is 328 g/mol. The van der Waals surface area contributed by atoms with E-state index in [1.54, 1.807) is 6.07 Å². The molecule has 6 heteroatoms. The minimum Gasteiger partial charge on any atom is -0.383 e. The molecule has 0 aliphatic rings. The molecule has 1 aromatic carbocycles. The fraction of sp³-hybridized carbons (Fsp3) is 0.154. The highest BCUT2D eigenvalue weighted by Gasteiger charge is 2.15. The summed E-state index contributed by atoms with van der Waals surface area (Å²) in [5.41, 5.74) is 10.6. The Kier molecular flexibility index (Phi) is 4.76. The minimum atomic E-state index is -0.138. The van der Waals surface area contributed by atoms with Crippen molar-refractivity contribution in [2.75, 3.05) is 5.73 Å². The van der Waals surface area contributed by atoms with E-state index in [2.05, 4.69) is 26.3 Å². The number of hydrogen-bond acceptors (Lipinski definition) is 4. The van der Waals surface area contributed by atoms with Crippen molar-refractivity contribution in [2.45, 2.75) is 12.5 Å². The van der Waals surface area contributed by atoms with Gasteiger partial charge in [-0.15, -0.1) is 0 Å². The largest absolute Gasteiger partial charge is 0.383 e. The number of aromatic nitrogens is 1. The second kappa shape index (κ2) is 6.34. The van der Waals surface area contributed by atoms with Gasteiger partial charge in [0.2, 0.25) is 0 Å². The van der Waals surface area contributed by atoms with Crippen LogP contribution in [0.2, 0.25) is 5.02 Å². The number of nitrogens with zero attached hydrogens (tertiary/aromatic N) is 1. The van der Waals surface area contributed by atoms with E-state index in [1.807, 2.05) is 24.3 Å². The maximum Gasteiger partial charge on any atom is 0.128 e. The Morgan fingerprint density at radius 1 is 1.37 bits per heavy atom. The Morgan fingerprint density at radius 3 is 2.84 bits per heavy atom. The molecule has 0 radical (unpaired) electrons. The maximum absolute atomic E-state index is 5.95. The van der Waals surface area contributed by atoms with E-state index in [4.69, 9.17) is 23.2 Å². The standard InChI is InChI=1S/C13H14BrClN4/c14-9-3-1-2-8(4-9)5-12(19-17)11-6-10(15)7-18-13(11)16/h1-4,6-7,12,19H,5,17H2,(H2,16,18). The van der Waals surface area contributed by atoms with Gasteiger partial charge in [-0.25, -0.2) is 4.98 Å². The van der Waals surface area contributed by atoms with E-state index in [9.17, 15) is 0 Å². The normalized spacial score (nSPS) is 12.4. The van der Waals surface area contributed by atoms with Gasteiger partial charge in [0.25, 0.3) is 0 Å². The fourth-order valence-electron chi connectivity index (χ4n) is 1.90. The van der Waals surface area contributed by atoms with Crippen LogP contribution in [0.4, 0.5) is 5.82 Å². The number of nitrogens with two attached hydrogens (primary N) is 2. The summed E-state index contributed by atoms with van der Waals surface area (Å²) >= 11 is 9.40. The zero-order valence-electron chi connectivity index (χ0n) is 10.1. The van der Waals surface area contributed by atoms with Gasteiger partial charge < -0.3 is 5.73 Å². The second-order valence-electron chi connectivity index (χ2n) is 4.18. The van der Waals surface area contributed by atoms with Crippen LogP contribution in [0.25, 0.3) is 0 Å². The summed E-state index contributed by atoms with van der Waals surface area (Å²) in [4.78, 5) is 4.05. The predicted molar refractivity (Wildman–Crippen MR) is 81.6 cm³/mol. The second-order valence-corrected chi connectivity index (χ2v) is 5.53. The molecule has 0 spiro atoms. The van der Waals surface area contributed by atoms with Crippen molar-refractivity contribution >= 4 is 33.3 Å². The number of pyridine rings is 1. The summed E-state index contributed by atoms with van der Waals surface area (Å²) in [5.74, 6) is 6.05. The first kappa shape index (κ1) is 14.3. The number of nitrogen functional groups attached to an aromatic ring is 1. The molecule has 0 bridgehead atoms. The van der Waals surface area contributed by atoms with E-state index in [-0.39, 0.29) is 6.04 Å². The van der Waals surface area contributed by atoms with Crippen molar-refractivity contribution in [3.63, 3.8) is 0 Å². The highest BCUT2D eigenvalue weighted by Crippen LogP contribution is 2.25. The Morgan fingerprint density at radius 2 is 2.16 bits per heavy atom. The van der Waals surface area contributed by atoms with Crippen LogP contribution >= 0.6 is 27.5 Å². The first-order valence-corrected chi connectivity index (χ1v) is 6.88. The lowest BCUT2D eigenvalue weighted by Gasteiger charge is -2.18. The molecule has 1 unspecified atom stereocenters. The molecule has 0 aliphatic carbocycles. The lowest BCUT2D eigenvalue weighted by molar-refractivity contribution is 0.552. The van der Waals surface area contributed by atoms with Crippen LogP contribution < -0.4 is 17.0 Å². The molecule has 5 N–H and O–H groups in total. The van der Waals surface area contributed by atoms with Crippen LogP contribution in [0.15, 0.2) is 41.0 Å². The van der Waals surface area contributed by atoms with Crippen molar-refractivity contribution in [1.82, 2.24) is 10.4 Å². The van der Waals surface area contributed by atoms with E-state index in [0.717, 1.165) is 15.6 Å². The highest BCUT2D eigenvalue weighted by atomic mass is 79.9. The Balaban J connectivity index is 2.27. The number of rotatable bonds is 4. The summed E-state index contributed by atoms with van der Waals surface area (Å²) in [6.07, 6.45) is 2.22. The Hall–Kier alpha value is -1.14. The van der Waals surface area contributed by atoms with Crippen LogP contribution in [-0.2, 0) is 6.42 Å². The van der Waals surface area contributed by atoms with Crippen molar-refractivity contribution in [3.05, 3.63) is 57.2 Å². The Bertz CT molecular complexity index is 576. The van der Waals surface area contributed by atoms with Gasteiger partial charge in [-0.2, -0.15) is 0 Å². The van der Waals surface area contributed by atoms with E-state index < -0.39 is 0 Å². The smallest absolute Gasteiger partial charge is 0.128 e. The van der Waals surface area contributed by atoms with Gasteiger partial charge in [-0.05, 0) is 30.2 Å². The first-order valence-electron chi connectivity index (χ1n) is 5.71. The van der Waals surface area contributed by atoms with Crippen LogP contribution in [-0.4, -0.2) is 4.98 Å². The lowest BCUT2D eigenvalue weighted by atomic mass is 10.00. The van der Waals surface area contributed by atoms with Crippen molar-refractivity contribution in [3.8, 4) is 0 Å². The summed E-state index contributed by atoms with van der Waals surface area (Å²) in [7, 11) is 0.